The first-order valence-corrected chi connectivity index (χ1v) is 6.14. The summed E-state index contributed by atoms with van der Waals surface area (Å²) in [4.78, 5) is 0. The van der Waals surface area contributed by atoms with E-state index in [0.717, 1.165) is 11.5 Å². The van der Waals surface area contributed by atoms with E-state index in [0.29, 0.717) is 6.04 Å². The molecule has 0 spiro atoms. The number of rotatable bonds is 1. The molecule has 2 heterocycles. The van der Waals surface area contributed by atoms with E-state index in [-0.39, 0.29) is 0 Å². The van der Waals surface area contributed by atoms with E-state index in [2.05, 4.69) is 25.7 Å². The van der Waals surface area contributed by atoms with Crippen molar-refractivity contribution in [2.24, 2.45) is 0 Å². The fraction of sp³-hybridized carbons (Fsp3) is 0.625. The van der Waals surface area contributed by atoms with Crippen LogP contribution < -0.4 is 0 Å². The van der Waals surface area contributed by atoms with Gasteiger partial charge in [-0.2, -0.15) is 16.9 Å². The maximum Gasteiger partial charge on any atom is 0.108 e. The van der Waals surface area contributed by atoms with E-state index in [4.69, 9.17) is 0 Å². The highest BCUT2D eigenvalue weighted by Crippen LogP contribution is 2.41. The number of thioether (sulfide) groups is 1. The van der Waals surface area contributed by atoms with Gasteiger partial charge in [-0.25, -0.2) is 0 Å². The molecule has 0 radical (unpaired) electrons. The summed E-state index contributed by atoms with van der Waals surface area (Å²) in [6, 6.07) is 0.704. The molecular formula is C8H9BrN2S. The predicted octanol–water partition coefficient (Wildman–Crippen LogP) is 2.73. The highest BCUT2D eigenvalue weighted by molar-refractivity contribution is 9.10. The maximum absolute atomic E-state index is 4.60. The largest absolute Gasteiger partial charge is 0.255 e. The molecule has 0 amide bonds. The molecule has 0 N–H and O–H groups in total. The van der Waals surface area contributed by atoms with Crippen molar-refractivity contribution in [3.63, 3.8) is 0 Å². The summed E-state index contributed by atoms with van der Waals surface area (Å²) in [7, 11) is 0. The Labute approximate surface area is 83.8 Å². The zero-order valence-corrected chi connectivity index (χ0v) is 8.99. The molecule has 0 aromatic carbocycles. The molecule has 0 saturated heterocycles. The second kappa shape index (κ2) is 2.51. The quantitative estimate of drug-likeness (QED) is 0.757. The van der Waals surface area contributed by atoms with Gasteiger partial charge in [0.15, 0.2) is 0 Å². The van der Waals surface area contributed by atoms with Crippen molar-refractivity contribution in [2.75, 3.05) is 0 Å². The summed E-state index contributed by atoms with van der Waals surface area (Å²) in [6.45, 7) is 0. The van der Waals surface area contributed by atoms with Gasteiger partial charge in [-0.3, -0.25) is 4.68 Å². The second-order valence-corrected chi connectivity index (χ2v) is 5.12. The van der Waals surface area contributed by atoms with Gasteiger partial charge in [0.05, 0.1) is 11.7 Å². The van der Waals surface area contributed by atoms with Crippen LogP contribution in [0.5, 0.6) is 0 Å². The van der Waals surface area contributed by atoms with Gasteiger partial charge in [0.25, 0.3) is 0 Å². The molecule has 1 saturated carbocycles. The van der Waals surface area contributed by atoms with E-state index in [1.165, 1.54) is 28.7 Å². The zero-order valence-electron chi connectivity index (χ0n) is 6.59. The lowest BCUT2D eigenvalue weighted by molar-refractivity contribution is 0.620. The highest BCUT2D eigenvalue weighted by Gasteiger charge is 2.30. The van der Waals surface area contributed by atoms with E-state index in [1.807, 2.05) is 11.8 Å². The Morgan fingerprint density at radius 1 is 1.42 bits per heavy atom. The number of nitrogens with zero attached hydrogens (tertiary/aromatic N) is 2. The minimum atomic E-state index is 0.704. The summed E-state index contributed by atoms with van der Waals surface area (Å²) < 4.78 is 3.41. The van der Waals surface area contributed by atoms with Gasteiger partial charge in [0, 0.05) is 17.1 Å². The number of hydrogen-bond acceptors (Lipinski definition) is 2. The molecule has 4 heteroatoms. The average molecular weight is 245 g/mol. The van der Waals surface area contributed by atoms with Gasteiger partial charge in [-0.05, 0) is 28.8 Å². The number of hydrogen-bond donors (Lipinski definition) is 0. The predicted molar refractivity (Wildman–Crippen MR) is 53.2 cm³/mol. The third kappa shape index (κ3) is 0.973. The van der Waals surface area contributed by atoms with Gasteiger partial charge in [0.1, 0.15) is 4.60 Å². The van der Waals surface area contributed by atoms with Crippen LogP contribution in [0.2, 0.25) is 0 Å². The Morgan fingerprint density at radius 3 is 2.92 bits per heavy atom. The Morgan fingerprint density at radius 2 is 2.25 bits per heavy atom. The van der Waals surface area contributed by atoms with E-state index in [9.17, 15) is 0 Å². The molecule has 1 aromatic rings. The highest BCUT2D eigenvalue weighted by atomic mass is 79.9. The van der Waals surface area contributed by atoms with Crippen LogP contribution in [0.1, 0.15) is 30.1 Å². The molecule has 0 bridgehead atoms. The summed E-state index contributed by atoms with van der Waals surface area (Å²) in [5.74, 6) is 2.25. The van der Waals surface area contributed by atoms with Crippen LogP contribution >= 0.6 is 27.7 Å². The third-order valence-electron chi connectivity index (χ3n) is 2.40. The van der Waals surface area contributed by atoms with Crippen molar-refractivity contribution in [1.82, 2.24) is 9.78 Å². The van der Waals surface area contributed by atoms with Crippen LogP contribution in [0.3, 0.4) is 0 Å². The van der Waals surface area contributed by atoms with Crippen LogP contribution in [0, 0.1) is 0 Å². The van der Waals surface area contributed by atoms with Gasteiger partial charge < -0.3 is 0 Å². The van der Waals surface area contributed by atoms with Crippen LogP contribution in [0.4, 0.5) is 0 Å². The Hall–Kier alpha value is 0.0400. The van der Waals surface area contributed by atoms with Crippen molar-refractivity contribution in [3.8, 4) is 0 Å². The van der Waals surface area contributed by atoms with Crippen molar-refractivity contribution >= 4 is 27.7 Å². The minimum Gasteiger partial charge on any atom is -0.255 e. The van der Waals surface area contributed by atoms with Gasteiger partial charge in [-0.15, -0.1) is 0 Å². The molecule has 3 rings (SSSR count). The summed E-state index contributed by atoms with van der Waals surface area (Å²) in [5.41, 5.74) is 2.74. The molecule has 12 heavy (non-hydrogen) atoms. The summed E-state index contributed by atoms with van der Waals surface area (Å²) >= 11 is 5.59. The molecule has 1 aliphatic heterocycles. The zero-order chi connectivity index (χ0) is 8.13. The van der Waals surface area contributed by atoms with Crippen molar-refractivity contribution in [2.45, 2.75) is 30.4 Å². The molecule has 0 atom stereocenters. The first-order valence-electron chi connectivity index (χ1n) is 4.20. The van der Waals surface area contributed by atoms with Crippen molar-refractivity contribution in [1.29, 1.82) is 0 Å². The van der Waals surface area contributed by atoms with Crippen LogP contribution in [0.25, 0.3) is 0 Å². The molecule has 64 valence electrons. The lowest BCUT2D eigenvalue weighted by Gasteiger charge is -1.99. The monoisotopic (exact) mass is 244 g/mol. The molecule has 0 unspecified atom stereocenters. The maximum atomic E-state index is 4.60. The minimum absolute atomic E-state index is 0.704. The first kappa shape index (κ1) is 7.44. The molecule has 2 aliphatic rings. The van der Waals surface area contributed by atoms with Crippen molar-refractivity contribution in [3.05, 3.63) is 15.9 Å². The number of fused-ring (bicyclic) bond motifs is 1. The standard InChI is InChI=1S/C8H9BrN2S/c9-8-6-3-12-4-7(6)10-11(8)5-1-2-5/h5H,1-4H2. The average Bonchev–Trinajstić information content (AvgIpc) is 2.71. The molecule has 2 nitrogen and oxygen atoms in total. The second-order valence-electron chi connectivity index (χ2n) is 3.38. The normalized spacial score (nSPS) is 21.4. The Balaban J connectivity index is 2.10. The summed E-state index contributed by atoms with van der Waals surface area (Å²) in [5, 5.41) is 4.60. The first-order chi connectivity index (χ1) is 5.86. The summed E-state index contributed by atoms with van der Waals surface area (Å²) in [6.07, 6.45) is 2.62. The van der Waals surface area contributed by atoms with Gasteiger partial charge in [0.2, 0.25) is 0 Å². The number of halogens is 1. The lowest BCUT2D eigenvalue weighted by atomic mass is 10.3. The van der Waals surface area contributed by atoms with Crippen molar-refractivity contribution < 1.29 is 0 Å². The Bertz CT molecular complexity index is 330. The Kier molecular flexibility index (Phi) is 1.56. The smallest absolute Gasteiger partial charge is 0.108 e. The van der Waals surface area contributed by atoms with Crippen LogP contribution in [-0.4, -0.2) is 9.78 Å². The molecular weight excluding hydrogens is 236 g/mol. The van der Waals surface area contributed by atoms with E-state index in [1.54, 1.807) is 0 Å². The third-order valence-corrected chi connectivity index (χ3v) is 4.22. The van der Waals surface area contributed by atoms with Gasteiger partial charge >= 0.3 is 0 Å². The van der Waals surface area contributed by atoms with Crippen LogP contribution in [0.15, 0.2) is 4.60 Å². The molecule has 1 fully saturated rings. The molecule has 1 aliphatic carbocycles. The van der Waals surface area contributed by atoms with E-state index >= 15 is 0 Å². The molecule has 1 aromatic heterocycles. The van der Waals surface area contributed by atoms with Gasteiger partial charge in [-0.1, -0.05) is 0 Å². The number of aromatic nitrogens is 2. The van der Waals surface area contributed by atoms with Crippen LogP contribution in [-0.2, 0) is 11.5 Å². The topological polar surface area (TPSA) is 17.8 Å². The van der Waals surface area contributed by atoms with E-state index < -0.39 is 0 Å². The fourth-order valence-corrected chi connectivity index (χ4v) is 3.52. The fourth-order valence-electron chi connectivity index (χ4n) is 1.56. The SMILES string of the molecule is Brc1c2c(nn1C1CC1)CSC2. The lowest BCUT2D eigenvalue weighted by Crippen LogP contribution is -1.97.